The van der Waals surface area contributed by atoms with E-state index in [2.05, 4.69) is 26.6 Å². The highest BCUT2D eigenvalue weighted by molar-refractivity contribution is 9.10. The van der Waals surface area contributed by atoms with Gasteiger partial charge in [-0.1, -0.05) is 12.1 Å². The van der Waals surface area contributed by atoms with Crippen LogP contribution in [-0.4, -0.2) is 17.6 Å². The van der Waals surface area contributed by atoms with Gasteiger partial charge in [-0.15, -0.1) is 0 Å². The van der Waals surface area contributed by atoms with Crippen LogP contribution in [0.4, 0.5) is 5.69 Å². The molecule has 110 valence electrons. The second kappa shape index (κ2) is 7.13. The van der Waals surface area contributed by atoms with Gasteiger partial charge in [0.15, 0.2) is 0 Å². The van der Waals surface area contributed by atoms with Crippen molar-refractivity contribution < 1.29 is 9.90 Å². The van der Waals surface area contributed by atoms with Gasteiger partial charge in [-0.3, -0.25) is 4.79 Å². The number of aromatic hydroxyl groups is 1. The molecule has 2 aromatic rings. The van der Waals surface area contributed by atoms with Crippen LogP contribution in [0.5, 0.6) is 5.75 Å². The Labute approximate surface area is 132 Å². The Morgan fingerprint density at radius 1 is 1.19 bits per heavy atom. The molecule has 0 bridgehead atoms. The van der Waals surface area contributed by atoms with Gasteiger partial charge in [-0.2, -0.15) is 0 Å². The second-order valence-corrected chi connectivity index (χ2v) is 5.39. The van der Waals surface area contributed by atoms with Crippen molar-refractivity contribution in [3.63, 3.8) is 0 Å². The van der Waals surface area contributed by atoms with E-state index in [0.29, 0.717) is 23.1 Å². The first-order chi connectivity index (χ1) is 10.1. The quantitative estimate of drug-likeness (QED) is 0.774. The van der Waals surface area contributed by atoms with Crippen molar-refractivity contribution in [3.05, 3.63) is 58.1 Å². The summed E-state index contributed by atoms with van der Waals surface area (Å²) in [5.74, 6) is 0.164. The van der Waals surface area contributed by atoms with E-state index in [1.807, 2.05) is 31.2 Å². The van der Waals surface area contributed by atoms with Crippen molar-refractivity contribution in [2.75, 3.05) is 11.9 Å². The first kappa shape index (κ1) is 15.4. The van der Waals surface area contributed by atoms with Crippen LogP contribution in [0.3, 0.4) is 0 Å². The molecule has 0 radical (unpaired) electrons. The van der Waals surface area contributed by atoms with Gasteiger partial charge in [0.05, 0.1) is 4.47 Å². The molecular weight excluding hydrogens is 332 g/mol. The Bertz CT molecular complexity index is 627. The van der Waals surface area contributed by atoms with Gasteiger partial charge in [0.25, 0.3) is 5.91 Å². The number of para-hydroxylation sites is 1. The van der Waals surface area contributed by atoms with Gasteiger partial charge >= 0.3 is 0 Å². The maximum Gasteiger partial charge on any atom is 0.251 e. The number of phenolic OH excluding ortho intramolecular Hbond substituents is 1. The fourth-order valence-electron chi connectivity index (χ4n) is 1.90. The number of phenols is 1. The van der Waals surface area contributed by atoms with E-state index in [0.717, 1.165) is 11.3 Å². The molecule has 0 fully saturated rings. The molecular formula is C16H17BrN2O2. The molecule has 0 heterocycles. The van der Waals surface area contributed by atoms with E-state index in [9.17, 15) is 9.90 Å². The number of hydrogen-bond donors (Lipinski definition) is 3. The predicted octanol–water partition coefficient (Wildman–Crippen LogP) is 3.52. The summed E-state index contributed by atoms with van der Waals surface area (Å²) in [4.78, 5) is 11.6. The molecule has 0 saturated carbocycles. The van der Waals surface area contributed by atoms with Crippen LogP contribution in [0.1, 0.15) is 22.8 Å². The van der Waals surface area contributed by atoms with Crippen molar-refractivity contribution >= 4 is 27.5 Å². The third-order valence-corrected chi connectivity index (χ3v) is 3.68. The van der Waals surface area contributed by atoms with Crippen molar-refractivity contribution in [1.29, 1.82) is 0 Å². The lowest BCUT2D eigenvalue weighted by molar-refractivity contribution is 0.0956. The first-order valence-corrected chi connectivity index (χ1v) is 7.49. The average molecular weight is 349 g/mol. The Balaban J connectivity index is 2.01. The van der Waals surface area contributed by atoms with Crippen LogP contribution in [0.25, 0.3) is 0 Å². The number of halogens is 1. The third-order valence-electron chi connectivity index (χ3n) is 3.04. The maximum absolute atomic E-state index is 11.6. The number of amides is 1. The summed E-state index contributed by atoms with van der Waals surface area (Å²) in [5, 5.41) is 15.9. The van der Waals surface area contributed by atoms with E-state index < -0.39 is 0 Å². The largest absolute Gasteiger partial charge is 0.506 e. The average Bonchev–Trinajstić information content (AvgIpc) is 2.49. The lowest BCUT2D eigenvalue weighted by atomic mass is 10.1. The summed E-state index contributed by atoms with van der Waals surface area (Å²) in [7, 11) is 0. The molecule has 0 saturated heterocycles. The highest BCUT2D eigenvalue weighted by Crippen LogP contribution is 2.27. The van der Waals surface area contributed by atoms with Gasteiger partial charge in [0, 0.05) is 29.9 Å². The SMILES string of the molecule is CCNC(=O)c1ccc(NCc2cccc(Br)c2O)cc1. The molecule has 0 spiro atoms. The highest BCUT2D eigenvalue weighted by Gasteiger charge is 2.06. The van der Waals surface area contributed by atoms with Gasteiger partial charge in [-0.05, 0) is 53.2 Å². The lowest BCUT2D eigenvalue weighted by Gasteiger charge is -2.10. The first-order valence-electron chi connectivity index (χ1n) is 6.70. The van der Waals surface area contributed by atoms with Crippen LogP contribution in [-0.2, 0) is 6.54 Å². The number of benzene rings is 2. The summed E-state index contributed by atoms with van der Waals surface area (Å²) < 4.78 is 0.674. The van der Waals surface area contributed by atoms with E-state index in [-0.39, 0.29) is 11.7 Å². The molecule has 0 aliphatic carbocycles. The van der Waals surface area contributed by atoms with Crippen molar-refractivity contribution in [2.45, 2.75) is 13.5 Å². The van der Waals surface area contributed by atoms with Crippen molar-refractivity contribution in [1.82, 2.24) is 5.32 Å². The zero-order valence-electron chi connectivity index (χ0n) is 11.7. The van der Waals surface area contributed by atoms with Gasteiger partial charge in [-0.25, -0.2) is 0 Å². The molecule has 5 heteroatoms. The number of hydrogen-bond acceptors (Lipinski definition) is 3. The van der Waals surface area contributed by atoms with Gasteiger partial charge in [0.1, 0.15) is 5.75 Å². The van der Waals surface area contributed by atoms with Crippen molar-refractivity contribution in [2.24, 2.45) is 0 Å². The molecule has 4 nitrogen and oxygen atoms in total. The Kier molecular flexibility index (Phi) is 5.22. The minimum absolute atomic E-state index is 0.0753. The van der Waals surface area contributed by atoms with E-state index in [1.165, 1.54) is 0 Å². The Morgan fingerprint density at radius 3 is 2.57 bits per heavy atom. The van der Waals surface area contributed by atoms with Gasteiger partial charge in [0.2, 0.25) is 0 Å². The second-order valence-electron chi connectivity index (χ2n) is 4.54. The molecule has 2 rings (SSSR count). The standard InChI is InChI=1S/C16H17BrN2O2/c1-2-18-16(21)11-6-8-13(9-7-11)19-10-12-4-3-5-14(17)15(12)20/h3-9,19-20H,2,10H2,1H3,(H,18,21). The maximum atomic E-state index is 11.6. The fourth-order valence-corrected chi connectivity index (χ4v) is 2.31. The van der Waals surface area contributed by atoms with Crippen LogP contribution >= 0.6 is 15.9 Å². The summed E-state index contributed by atoms with van der Waals surface area (Å²) in [6.45, 7) is 3.01. The smallest absolute Gasteiger partial charge is 0.251 e. The molecule has 3 N–H and O–H groups in total. The fraction of sp³-hybridized carbons (Fsp3) is 0.188. The highest BCUT2D eigenvalue weighted by atomic mass is 79.9. The molecule has 1 amide bonds. The Morgan fingerprint density at radius 2 is 1.90 bits per heavy atom. The van der Waals surface area contributed by atoms with E-state index in [1.54, 1.807) is 18.2 Å². The number of carbonyl (C=O) groups excluding carboxylic acids is 1. The van der Waals surface area contributed by atoms with E-state index in [4.69, 9.17) is 0 Å². The molecule has 0 aliphatic rings. The topological polar surface area (TPSA) is 61.4 Å². The molecule has 0 aliphatic heterocycles. The molecule has 0 unspecified atom stereocenters. The van der Waals surface area contributed by atoms with Gasteiger partial charge < -0.3 is 15.7 Å². The number of nitrogens with one attached hydrogen (secondary N) is 2. The zero-order chi connectivity index (χ0) is 15.2. The lowest BCUT2D eigenvalue weighted by Crippen LogP contribution is -2.22. The molecule has 21 heavy (non-hydrogen) atoms. The van der Waals surface area contributed by atoms with Crippen LogP contribution < -0.4 is 10.6 Å². The molecule has 0 atom stereocenters. The molecule has 0 aromatic heterocycles. The van der Waals surface area contributed by atoms with E-state index >= 15 is 0 Å². The summed E-state index contributed by atoms with van der Waals surface area (Å²) in [5.41, 5.74) is 2.33. The van der Waals surface area contributed by atoms with Crippen molar-refractivity contribution in [3.8, 4) is 5.75 Å². The third kappa shape index (κ3) is 3.98. The molecule has 2 aromatic carbocycles. The number of anilines is 1. The zero-order valence-corrected chi connectivity index (χ0v) is 13.3. The normalized spacial score (nSPS) is 10.2. The minimum Gasteiger partial charge on any atom is -0.506 e. The summed E-state index contributed by atoms with van der Waals surface area (Å²) >= 11 is 3.29. The minimum atomic E-state index is -0.0753. The Hall–Kier alpha value is -2.01. The summed E-state index contributed by atoms with van der Waals surface area (Å²) in [6.07, 6.45) is 0. The monoisotopic (exact) mass is 348 g/mol. The van der Waals surface area contributed by atoms with Crippen LogP contribution in [0.2, 0.25) is 0 Å². The number of carbonyl (C=O) groups is 1. The van der Waals surface area contributed by atoms with Crippen LogP contribution in [0.15, 0.2) is 46.9 Å². The van der Waals surface area contributed by atoms with Crippen LogP contribution in [0, 0.1) is 0 Å². The number of rotatable bonds is 5. The summed E-state index contributed by atoms with van der Waals surface area (Å²) in [6, 6.07) is 12.8. The predicted molar refractivity (Wildman–Crippen MR) is 87.6 cm³/mol.